The average Bonchev–Trinajstić information content (AvgIpc) is 3.27. The van der Waals surface area contributed by atoms with Crippen LogP contribution >= 0.6 is 12.4 Å². The first kappa shape index (κ1) is 20.2. The Morgan fingerprint density at radius 2 is 2.11 bits per heavy atom. The van der Waals surface area contributed by atoms with Gasteiger partial charge in [0.05, 0.1) is 5.41 Å². The maximum atomic E-state index is 13.0. The van der Waals surface area contributed by atoms with E-state index in [-0.39, 0.29) is 29.6 Å². The Morgan fingerprint density at radius 3 is 2.93 bits per heavy atom. The molecule has 4 rings (SSSR count). The highest BCUT2D eigenvalue weighted by atomic mass is 35.5. The summed E-state index contributed by atoms with van der Waals surface area (Å²) >= 11 is 0. The summed E-state index contributed by atoms with van der Waals surface area (Å²) in [6.45, 7) is 3.90. The second-order valence-corrected chi connectivity index (χ2v) is 8.15. The highest BCUT2D eigenvalue weighted by Gasteiger charge is 2.49. The SMILES string of the molecule is Cl.O=C1CCCN1Cc1cccc(CNC(=O)[C@@]23CCCC[C@H]2CNC3)c1. The summed E-state index contributed by atoms with van der Waals surface area (Å²) in [5, 5.41) is 6.64. The lowest BCUT2D eigenvalue weighted by Crippen LogP contribution is -2.47. The van der Waals surface area contributed by atoms with Gasteiger partial charge in [0.1, 0.15) is 0 Å². The minimum absolute atomic E-state index is 0. The van der Waals surface area contributed by atoms with E-state index < -0.39 is 0 Å². The molecule has 2 atom stereocenters. The molecule has 2 amide bonds. The van der Waals surface area contributed by atoms with Crippen LogP contribution in [-0.4, -0.2) is 36.3 Å². The topological polar surface area (TPSA) is 61.4 Å². The predicted molar refractivity (Wildman–Crippen MR) is 107 cm³/mol. The number of carbonyl (C=O) groups excluding carboxylic acids is 2. The summed E-state index contributed by atoms with van der Waals surface area (Å²) in [5.74, 6) is 0.955. The predicted octanol–water partition coefficient (Wildman–Crippen LogP) is 2.63. The van der Waals surface area contributed by atoms with Crippen molar-refractivity contribution < 1.29 is 9.59 Å². The Labute approximate surface area is 167 Å². The smallest absolute Gasteiger partial charge is 0.228 e. The van der Waals surface area contributed by atoms with E-state index in [2.05, 4.69) is 28.8 Å². The molecule has 0 aromatic heterocycles. The fourth-order valence-electron chi connectivity index (χ4n) is 4.98. The van der Waals surface area contributed by atoms with E-state index in [0.29, 0.717) is 25.4 Å². The van der Waals surface area contributed by atoms with Gasteiger partial charge in [-0.25, -0.2) is 0 Å². The molecule has 3 fully saturated rings. The highest BCUT2D eigenvalue weighted by molar-refractivity contribution is 5.85. The normalized spacial score (nSPS) is 27.2. The molecule has 1 aromatic carbocycles. The zero-order valence-electron chi connectivity index (χ0n) is 15.8. The molecule has 2 N–H and O–H groups in total. The molecule has 0 bridgehead atoms. The van der Waals surface area contributed by atoms with Crippen LogP contribution in [0.2, 0.25) is 0 Å². The molecule has 0 unspecified atom stereocenters. The molecule has 27 heavy (non-hydrogen) atoms. The Balaban J connectivity index is 0.00000210. The summed E-state index contributed by atoms with van der Waals surface area (Å²) in [5.41, 5.74) is 2.05. The molecule has 6 heteroatoms. The third-order valence-electron chi connectivity index (χ3n) is 6.48. The summed E-state index contributed by atoms with van der Waals surface area (Å²) in [7, 11) is 0. The molecule has 1 aliphatic carbocycles. The average molecular weight is 392 g/mol. The van der Waals surface area contributed by atoms with Gasteiger partial charge >= 0.3 is 0 Å². The van der Waals surface area contributed by atoms with Crippen LogP contribution in [0.3, 0.4) is 0 Å². The molecular weight excluding hydrogens is 362 g/mol. The van der Waals surface area contributed by atoms with Crippen LogP contribution in [-0.2, 0) is 22.7 Å². The molecule has 0 spiro atoms. The van der Waals surface area contributed by atoms with Crippen LogP contribution in [0.5, 0.6) is 0 Å². The Hall–Kier alpha value is -1.59. The van der Waals surface area contributed by atoms with Crippen molar-refractivity contribution >= 4 is 24.2 Å². The number of hydrogen-bond acceptors (Lipinski definition) is 3. The van der Waals surface area contributed by atoms with Gasteiger partial charge in [-0.15, -0.1) is 12.4 Å². The van der Waals surface area contributed by atoms with E-state index >= 15 is 0 Å². The first-order valence-electron chi connectivity index (χ1n) is 10.0. The Bertz CT molecular complexity index is 696. The molecule has 2 heterocycles. The Morgan fingerprint density at radius 1 is 1.26 bits per heavy atom. The lowest BCUT2D eigenvalue weighted by Gasteiger charge is -2.37. The van der Waals surface area contributed by atoms with Gasteiger partial charge in [-0.3, -0.25) is 9.59 Å². The van der Waals surface area contributed by atoms with Gasteiger partial charge in [-0.1, -0.05) is 37.1 Å². The van der Waals surface area contributed by atoms with Gasteiger partial charge in [0.15, 0.2) is 0 Å². The van der Waals surface area contributed by atoms with Crippen LogP contribution in [0.4, 0.5) is 0 Å². The summed E-state index contributed by atoms with van der Waals surface area (Å²) in [6, 6.07) is 8.26. The van der Waals surface area contributed by atoms with E-state index in [4.69, 9.17) is 0 Å². The summed E-state index contributed by atoms with van der Waals surface area (Å²) in [4.78, 5) is 26.7. The summed E-state index contributed by atoms with van der Waals surface area (Å²) < 4.78 is 0. The molecule has 2 saturated heterocycles. The van der Waals surface area contributed by atoms with Crippen LogP contribution in [0.15, 0.2) is 24.3 Å². The maximum Gasteiger partial charge on any atom is 0.228 e. The van der Waals surface area contributed by atoms with Crippen molar-refractivity contribution in [1.82, 2.24) is 15.5 Å². The van der Waals surface area contributed by atoms with Crippen molar-refractivity contribution in [3.8, 4) is 0 Å². The Kier molecular flexibility index (Phi) is 6.43. The molecule has 5 nitrogen and oxygen atoms in total. The highest BCUT2D eigenvalue weighted by Crippen LogP contribution is 2.43. The fraction of sp³-hybridized carbons (Fsp3) is 0.619. The van der Waals surface area contributed by atoms with Crippen LogP contribution in [0, 0.1) is 11.3 Å². The quantitative estimate of drug-likeness (QED) is 0.811. The number of nitrogens with zero attached hydrogens (tertiary/aromatic N) is 1. The first-order chi connectivity index (χ1) is 12.7. The van der Waals surface area contributed by atoms with Gasteiger partial charge in [-0.2, -0.15) is 0 Å². The minimum atomic E-state index is -0.197. The zero-order valence-corrected chi connectivity index (χ0v) is 16.7. The van der Waals surface area contributed by atoms with Gasteiger partial charge in [0, 0.05) is 32.6 Å². The number of fused-ring (bicyclic) bond motifs is 1. The number of nitrogens with one attached hydrogen (secondary N) is 2. The third kappa shape index (κ3) is 4.14. The van der Waals surface area contributed by atoms with E-state index in [1.807, 2.05) is 11.0 Å². The lowest BCUT2D eigenvalue weighted by molar-refractivity contribution is -0.134. The van der Waals surface area contributed by atoms with E-state index in [0.717, 1.165) is 50.0 Å². The number of amides is 2. The molecule has 3 aliphatic rings. The minimum Gasteiger partial charge on any atom is -0.351 e. The number of hydrogen-bond donors (Lipinski definition) is 2. The molecule has 148 valence electrons. The number of halogens is 1. The van der Waals surface area contributed by atoms with Gasteiger partial charge in [0.25, 0.3) is 0 Å². The molecule has 1 aromatic rings. The number of benzene rings is 1. The number of rotatable bonds is 5. The third-order valence-corrected chi connectivity index (χ3v) is 6.48. The fourth-order valence-corrected chi connectivity index (χ4v) is 4.98. The van der Waals surface area contributed by atoms with E-state index in [1.165, 1.54) is 12.8 Å². The van der Waals surface area contributed by atoms with Gasteiger partial charge < -0.3 is 15.5 Å². The largest absolute Gasteiger partial charge is 0.351 e. The molecular formula is C21H30ClN3O2. The molecule has 0 radical (unpaired) electrons. The second-order valence-electron chi connectivity index (χ2n) is 8.15. The van der Waals surface area contributed by atoms with Crippen molar-refractivity contribution in [3.63, 3.8) is 0 Å². The number of likely N-dealkylation sites (tertiary alicyclic amines) is 1. The first-order valence-corrected chi connectivity index (χ1v) is 10.0. The standard InChI is InChI=1S/C21H29N3O2.ClH/c25-19-8-4-10-24(19)14-17-6-3-5-16(11-17)12-23-20(26)21-9-2-1-7-18(21)13-22-15-21;/h3,5-6,11,18,22H,1-2,4,7-10,12-15H2,(H,23,26);1H/t18-,21+;/m0./s1. The number of carbonyl (C=O) groups is 2. The van der Waals surface area contributed by atoms with Gasteiger partial charge in [-0.05, 0) is 42.9 Å². The van der Waals surface area contributed by atoms with Crippen LogP contribution in [0.25, 0.3) is 0 Å². The van der Waals surface area contributed by atoms with Crippen molar-refractivity contribution in [3.05, 3.63) is 35.4 Å². The maximum absolute atomic E-state index is 13.0. The van der Waals surface area contributed by atoms with Gasteiger partial charge in [0.2, 0.25) is 11.8 Å². The van der Waals surface area contributed by atoms with Crippen LogP contribution in [0.1, 0.15) is 49.7 Å². The van der Waals surface area contributed by atoms with Crippen molar-refractivity contribution in [2.75, 3.05) is 19.6 Å². The second kappa shape index (κ2) is 8.61. The van der Waals surface area contributed by atoms with E-state index in [9.17, 15) is 9.59 Å². The van der Waals surface area contributed by atoms with Crippen LogP contribution < -0.4 is 10.6 Å². The molecule has 1 saturated carbocycles. The van der Waals surface area contributed by atoms with Crippen molar-refractivity contribution in [1.29, 1.82) is 0 Å². The summed E-state index contributed by atoms with van der Waals surface area (Å²) in [6.07, 6.45) is 6.22. The van der Waals surface area contributed by atoms with Crippen molar-refractivity contribution in [2.24, 2.45) is 11.3 Å². The lowest BCUT2D eigenvalue weighted by atomic mass is 9.67. The monoisotopic (exact) mass is 391 g/mol. The van der Waals surface area contributed by atoms with Crippen molar-refractivity contribution in [2.45, 2.75) is 51.6 Å². The van der Waals surface area contributed by atoms with E-state index in [1.54, 1.807) is 0 Å². The molecule has 2 aliphatic heterocycles. The zero-order chi connectivity index (χ0) is 18.0.